The predicted molar refractivity (Wildman–Crippen MR) is 113 cm³/mol. The van der Waals surface area contributed by atoms with Crippen molar-refractivity contribution in [2.24, 2.45) is 0 Å². The fraction of sp³-hybridized carbons (Fsp3) is 0.409. The number of alkyl halides is 6. The number of nitrogens with one attached hydrogen (secondary N) is 2. The van der Waals surface area contributed by atoms with Gasteiger partial charge in [-0.2, -0.15) is 43.4 Å². The number of pyridine rings is 1. The Bertz CT molecular complexity index is 1010. The quantitative estimate of drug-likeness (QED) is 0.495. The van der Waals surface area contributed by atoms with E-state index in [0.717, 1.165) is 23.9 Å². The van der Waals surface area contributed by atoms with Gasteiger partial charge in [0.05, 0.1) is 17.8 Å². The molecule has 2 N–H and O–H groups in total. The zero-order valence-corrected chi connectivity index (χ0v) is 18.4. The summed E-state index contributed by atoms with van der Waals surface area (Å²) in [7, 11) is 0. The molecule has 1 saturated carbocycles. The molecule has 0 radical (unpaired) electrons. The van der Waals surface area contributed by atoms with Crippen LogP contribution in [0.1, 0.15) is 24.1 Å². The van der Waals surface area contributed by atoms with E-state index in [0.29, 0.717) is 17.8 Å². The van der Waals surface area contributed by atoms with E-state index in [4.69, 9.17) is 0 Å². The summed E-state index contributed by atoms with van der Waals surface area (Å²) in [5.74, 6) is -1.38. The van der Waals surface area contributed by atoms with E-state index in [1.54, 1.807) is 23.5 Å². The first-order valence-electron chi connectivity index (χ1n) is 10.1. The van der Waals surface area contributed by atoms with E-state index in [1.165, 1.54) is 12.3 Å². The van der Waals surface area contributed by atoms with Crippen LogP contribution in [-0.4, -0.2) is 40.6 Å². The maximum absolute atomic E-state index is 14.2. The summed E-state index contributed by atoms with van der Waals surface area (Å²) < 4.78 is 85.2. The van der Waals surface area contributed by atoms with Crippen LogP contribution >= 0.6 is 11.8 Å². The minimum Gasteiger partial charge on any atom is -0.336 e. The highest BCUT2D eigenvalue weighted by molar-refractivity contribution is 7.98. The predicted octanol–water partition coefficient (Wildman–Crippen LogP) is 4.47. The maximum atomic E-state index is 14.2. The van der Waals surface area contributed by atoms with E-state index in [2.05, 4.69) is 10.3 Å². The molecular formula is C22H20F6N4OS. The van der Waals surface area contributed by atoms with Crippen molar-refractivity contribution in [2.75, 3.05) is 5.75 Å². The van der Waals surface area contributed by atoms with Gasteiger partial charge in [-0.05, 0) is 30.5 Å². The van der Waals surface area contributed by atoms with Crippen molar-refractivity contribution in [3.05, 3.63) is 66.0 Å². The van der Waals surface area contributed by atoms with Crippen molar-refractivity contribution in [2.45, 2.75) is 48.1 Å². The lowest BCUT2D eigenvalue weighted by Gasteiger charge is -2.40. The van der Waals surface area contributed by atoms with Crippen LogP contribution in [0.2, 0.25) is 0 Å². The van der Waals surface area contributed by atoms with E-state index in [9.17, 15) is 36.4 Å². The summed E-state index contributed by atoms with van der Waals surface area (Å²) >= 11 is 0.950. The molecule has 34 heavy (non-hydrogen) atoms. The average Bonchev–Trinajstić information content (AvgIpc) is 3.55. The Labute approximate surface area is 195 Å². The number of hydrogen-bond donors (Lipinski definition) is 2. The number of aromatic nitrogens is 1. The molecule has 1 atom stereocenters. The van der Waals surface area contributed by atoms with Crippen molar-refractivity contribution < 1.29 is 31.1 Å². The topological polar surface area (TPSA) is 77.8 Å². The highest BCUT2D eigenvalue weighted by Crippen LogP contribution is 2.50. The van der Waals surface area contributed by atoms with Crippen LogP contribution in [0.15, 0.2) is 54.7 Å². The molecule has 2 aromatic rings. The van der Waals surface area contributed by atoms with Gasteiger partial charge in [-0.3, -0.25) is 15.1 Å². The number of halogens is 6. The highest BCUT2D eigenvalue weighted by Gasteiger charge is 2.72. The molecule has 5 nitrogen and oxygen atoms in total. The Balaban J connectivity index is 1.96. The minimum absolute atomic E-state index is 0.159. The van der Waals surface area contributed by atoms with Gasteiger partial charge in [0, 0.05) is 17.7 Å². The van der Waals surface area contributed by atoms with Crippen LogP contribution in [0, 0.1) is 11.3 Å². The number of hydrogen-bond acceptors (Lipinski definition) is 5. The molecule has 12 heteroatoms. The van der Waals surface area contributed by atoms with Crippen LogP contribution < -0.4 is 10.6 Å². The first-order chi connectivity index (χ1) is 15.9. The molecule has 1 fully saturated rings. The monoisotopic (exact) mass is 502 g/mol. The van der Waals surface area contributed by atoms with Crippen LogP contribution in [0.25, 0.3) is 0 Å². The third kappa shape index (κ3) is 5.47. The van der Waals surface area contributed by atoms with Crippen molar-refractivity contribution in [3.8, 4) is 6.07 Å². The molecule has 1 aliphatic rings. The van der Waals surface area contributed by atoms with Crippen molar-refractivity contribution in [3.63, 3.8) is 0 Å². The fourth-order valence-electron chi connectivity index (χ4n) is 3.34. The van der Waals surface area contributed by atoms with Gasteiger partial charge in [-0.1, -0.05) is 36.4 Å². The van der Waals surface area contributed by atoms with Gasteiger partial charge in [-0.25, -0.2) is 0 Å². The Morgan fingerprint density at radius 1 is 1.06 bits per heavy atom. The summed E-state index contributed by atoms with van der Waals surface area (Å²) in [5.41, 5.74) is -6.32. The second-order valence-corrected chi connectivity index (χ2v) is 8.86. The van der Waals surface area contributed by atoms with Crippen LogP contribution in [-0.2, 0) is 16.1 Å². The van der Waals surface area contributed by atoms with E-state index in [-0.39, 0.29) is 18.6 Å². The molecule has 0 aliphatic heterocycles. The average molecular weight is 502 g/mol. The minimum atomic E-state index is -5.83. The van der Waals surface area contributed by atoms with Crippen LogP contribution in [0.3, 0.4) is 0 Å². The highest BCUT2D eigenvalue weighted by atomic mass is 32.2. The third-order valence-corrected chi connectivity index (χ3v) is 6.42. The van der Waals surface area contributed by atoms with Gasteiger partial charge < -0.3 is 5.32 Å². The third-order valence-electron chi connectivity index (χ3n) is 5.35. The summed E-state index contributed by atoms with van der Waals surface area (Å²) in [6.07, 6.45) is -9.63. The Hall–Kier alpha value is -2.78. The van der Waals surface area contributed by atoms with Crippen LogP contribution in [0.5, 0.6) is 0 Å². The van der Waals surface area contributed by atoms with Gasteiger partial charge >= 0.3 is 12.4 Å². The van der Waals surface area contributed by atoms with E-state index in [1.807, 2.05) is 6.07 Å². The summed E-state index contributed by atoms with van der Waals surface area (Å²) in [6.45, 7) is 0. The first-order valence-corrected chi connectivity index (χ1v) is 11.3. The molecule has 0 unspecified atom stereocenters. The SMILES string of the molecule is N#CC1(NC(=O)[C@H](CSCc2ccccn2)NC(c2ccccc2)(C(F)(F)F)C(F)(F)F)CC1. The summed E-state index contributed by atoms with van der Waals surface area (Å²) in [4.78, 5) is 16.9. The molecule has 1 aromatic carbocycles. The van der Waals surface area contributed by atoms with Gasteiger partial charge in [0.25, 0.3) is 0 Å². The van der Waals surface area contributed by atoms with Gasteiger partial charge in [0.2, 0.25) is 11.4 Å². The van der Waals surface area contributed by atoms with Crippen LogP contribution in [0.4, 0.5) is 26.3 Å². The number of amides is 1. The Kier molecular flexibility index (Phi) is 7.47. The summed E-state index contributed by atoms with van der Waals surface area (Å²) in [6, 6.07) is 9.75. The van der Waals surface area contributed by atoms with Gasteiger partial charge in [0.15, 0.2) is 0 Å². The van der Waals surface area contributed by atoms with Crippen molar-refractivity contribution in [1.82, 2.24) is 15.6 Å². The molecule has 0 bridgehead atoms. The molecule has 0 saturated heterocycles. The van der Waals surface area contributed by atoms with Crippen molar-refractivity contribution >= 4 is 17.7 Å². The number of rotatable bonds is 9. The molecule has 1 aliphatic carbocycles. The second-order valence-electron chi connectivity index (χ2n) is 7.83. The van der Waals surface area contributed by atoms with E-state index >= 15 is 0 Å². The molecule has 1 aromatic heterocycles. The maximum Gasteiger partial charge on any atom is 0.419 e. The number of benzene rings is 1. The number of thioether (sulfide) groups is 1. The van der Waals surface area contributed by atoms with Crippen molar-refractivity contribution in [1.29, 1.82) is 5.26 Å². The molecule has 1 amide bonds. The molecule has 3 rings (SSSR count). The summed E-state index contributed by atoms with van der Waals surface area (Å²) in [5, 5.41) is 13.2. The molecule has 182 valence electrons. The number of nitriles is 1. The largest absolute Gasteiger partial charge is 0.419 e. The zero-order chi connectivity index (χ0) is 25.0. The number of carbonyl (C=O) groups is 1. The molecular weight excluding hydrogens is 482 g/mol. The first kappa shape index (κ1) is 25.8. The number of nitrogens with zero attached hydrogens (tertiary/aromatic N) is 2. The van der Waals surface area contributed by atoms with Gasteiger partial charge in [-0.15, -0.1) is 0 Å². The lowest BCUT2D eigenvalue weighted by molar-refractivity contribution is -0.315. The fourth-order valence-corrected chi connectivity index (χ4v) is 4.31. The lowest BCUT2D eigenvalue weighted by atomic mass is 9.87. The molecule has 1 heterocycles. The smallest absolute Gasteiger partial charge is 0.336 e. The molecule has 0 spiro atoms. The van der Waals surface area contributed by atoms with E-state index < -0.39 is 46.7 Å². The second kappa shape index (κ2) is 9.84. The lowest BCUT2D eigenvalue weighted by Crippen LogP contribution is -2.68. The standard InChI is InChI=1S/C22H20F6N4OS/c23-21(24,25)20(22(26,27)28,15-6-2-1-3-7-15)31-17(18(33)32-19(14-29)9-10-19)13-34-12-16-8-4-5-11-30-16/h1-8,11,17,31H,9-10,12-13H2,(H,32,33)/t17-/m0/s1. The Morgan fingerprint density at radius 3 is 2.18 bits per heavy atom. The van der Waals surface area contributed by atoms with Gasteiger partial charge in [0.1, 0.15) is 5.54 Å². The normalized spacial score (nSPS) is 16.4. The number of carbonyl (C=O) groups excluding carboxylic acids is 1. The zero-order valence-electron chi connectivity index (χ0n) is 17.6. The Morgan fingerprint density at radius 2 is 1.68 bits per heavy atom.